The number of morpholine rings is 1. The van der Waals surface area contributed by atoms with E-state index in [9.17, 15) is 9.90 Å². The summed E-state index contributed by atoms with van der Waals surface area (Å²) in [5.41, 5.74) is 1.33. The standard InChI is InChI=1S/C19H23N3O4/c1-25-17-5-3-2-4-15(17)22-11-14(10-20-22)19(24)21-6-7-26-18-9-13(12-23)8-16(18)21/h2-5,10-11,13,16,18,23H,6-9,12H2,1H3/t13-,16+,18+/m1/s1. The van der Waals surface area contributed by atoms with Crippen LogP contribution in [-0.4, -0.2) is 64.7 Å². The number of para-hydroxylation sites is 2. The van der Waals surface area contributed by atoms with Gasteiger partial charge < -0.3 is 19.5 Å². The number of aliphatic hydroxyl groups excluding tert-OH is 1. The van der Waals surface area contributed by atoms with Crippen molar-refractivity contribution in [2.24, 2.45) is 5.92 Å². The first-order chi connectivity index (χ1) is 12.7. The van der Waals surface area contributed by atoms with Crippen molar-refractivity contribution in [3.8, 4) is 11.4 Å². The van der Waals surface area contributed by atoms with Gasteiger partial charge in [-0.25, -0.2) is 4.68 Å². The van der Waals surface area contributed by atoms with Crippen LogP contribution in [0, 0.1) is 5.92 Å². The zero-order chi connectivity index (χ0) is 18.1. The van der Waals surface area contributed by atoms with Gasteiger partial charge in [0.15, 0.2) is 0 Å². The van der Waals surface area contributed by atoms with Crippen LogP contribution >= 0.6 is 0 Å². The van der Waals surface area contributed by atoms with E-state index in [2.05, 4.69) is 5.10 Å². The second-order valence-corrected chi connectivity index (χ2v) is 6.84. The minimum absolute atomic E-state index is 0.0223. The highest BCUT2D eigenvalue weighted by molar-refractivity contribution is 5.94. The predicted octanol–water partition coefficient (Wildman–Crippen LogP) is 1.49. The number of benzene rings is 1. The molecule has 2 aromatic rings. The molecule has 7 heteroatoms. The van der Waals surface area contributed by atoms with Gasteiger partial charge in [0.1, 0.15) is 11.4 Å². The molecule has 1 aromatic heterocycles. The fourth-order valence-electron chi connectivity index (χ4n) is 4.00. The molecule has 1 aromatic carbocycles. The van der Waals surface area contributed by atoms with Crippen molar-refractivity contribution >= 4 is 5.91 Å². The monoisotopic (exact) mass is 357 g/mol. The molecule has 1 aliphatic carbocycles. The maximum Gasteiger partial charge on any atom is 0.257 e. The molecular formula is C19H23N3O4. The number of aliphatic hydroxyl groups is 1. The summed E-state index contributed by atoms with van der Waals surface area (Å²) >= 11 is 0. The van der Waals surface area contributed by atoms with E-state index >= 15 is 0 Å². The largest absolute Gasteiger partial charge is 0.494 e. The Labute approximate surface area is 152 Å². The lowest BCUT2D eigenvalue weighted by molar-refractivity contribution is -0.0448. The third kappa shape index (κ3) is 2.97. The smallest absolute Gasteiger partial charge is 0.257 e. The van der Waals surface area contributed by atoms with Gasteiger partial charge in [-0.05, 0) is 30.9 Å². The van der Waals surface area contributed by atoms with Crippen LogP contribution in [0.15, 0.2) is 36.7 Å². The Morgan fingerprint density at radius 2 is 2.23 bits per heavy atom. The quantitative estimate of drug-likeness (QED) is 0.897. The molecule has 2 fully saturated rings. The first-order valence-corrected chi connectivity index (χ1v) is 8.92. The molecule has 1 saturated heterocycles. The lowest BCUT2D eigenvalue weighted by atomic mass is 10.1. The molecule has 0 unspecified atom stereocenters. The maximum absolute atomic E-state index is 13.1. The Bertz CT molecular complexity index is 791. The summed E-state index contributed by atoms with van der Waals surface area (Å²) < 4.78 is 12.8. The van der Waals surface area contributed by atoms with Crippen LogP contribution in [0.1, 0.15) is 23.2 Å². The van der Waals surface area contributed by atoms with E-state index in [1.807, 2.05) is 29.2 Å². The number of hydrogen-bond acceptors (Lipinski definition) is 5. The number of rotatable bonds is 4. The first kappa shape index (κ1) is 17.1. The summed E-state index contributed by atoms with van der Waals surface area (Å²) in [6, 6.07) is 7.58. The van der Waals surface area contributed by atoms with Gasteiger partial charge in [-0.3, -0.25) is 4.79 Å². The molecule has 1 amide bonds. The van der Waals surface area contributed by atoms with Gasteiger partial charge in [0, 0.05) is 19.3 Å². The minimum atomic E-state index is -0.0389. The second-order valence-electron chi connectivity index (χ2n) is 6.84. The number of amides is 1. The maximum atomic E-state index is 13.1. The van der Waals surface area contributed by atoms with E-state index in [1.54, 1.807) is 24.2 Å². The van der Waals surface area contributed by atoms with Crippen molar-refractivity contribution in [3.63, 3.8) is 0 Å². The molecule has 2 aliphatic rings. The van der Waals surface area contributed by atoms with E-state index in [4.69, 9.17) is 9.47 Å². The van der Waals surface area contributed by atoms with Gasteiger partial charge in [-0.2, -0.15) is 5.10 Å². The van der Waals surface area contributed by atoms with E-state index in [0.717, 1.165) is 18.5 Å². The molecule has 4 rings (SSSR count). The van der Waals surface area contributed by atoms with Crippen LogP contribution in [0.25, 0.3) is 5.69 Å². The lowest BCUT2D eigenvalue weighted by Crippen LogP contribution is -2.51. The highest BCUT2D eigenvalue weighted by Gasteiger charge is 2.42. The zero-order valence-electron chi connectivity index (χ0n) is 14.7. The number of ether oxygens (including phenoxy) is 2. The van der Waals surface area contributed by atoms with Gasteiger partial charge >= 0.3 is 0 Å². The molecule has 0 bridgehead atoms. The number of nitrogens with zero attached hydrogens (tertiary/aromatic N) is 3. The molecule has 0 spiro atoms. The van der Waals surface area contributed by atoms with Gasteiger partial charge in [-0.1, -0.05) is 12.1 Å². The van der Waals surface area contributed by atoms with Crippen molar-refractivity contribution in [2.75, 3.05) is 26.9 Å². The Kier molecular flexibility index (Phi) is 4.65. The molecule has 1 N–H and O–H groups in total. The number of fused-ring (bicyclic) bond motifs is 1. The van der Waals surface area contributed by atoms with Crippen LogP contribution in [0.3, 0.4) is 0 Å². The summed E-state index contributed by atoms with van der Waals surface area (Å²) in [6.45, 7) is 1.24. The molecule has 0 radical (unpaired) electrons. The number of carbonyl (C=O) groups excluding carboxylic acids is 1. The van der Waals surface area contributed by atoms with Crippen molar-refractivity contribution < 1.29 is 19.4 Å². The molecule has 2 heterocycles. The Morgan fingerprint density at radius 3 is 3.04 bits per heavy atom. The van der Waals surface area contributed by atoms with Gasteiger partial charge in [0.2, 0.25) is 0 Å². The number of aromatic nitrogens is 2. The highest BCUT2D eigenvalue weighted by atomic mass is 16.5. The number of hydrogen-bond donors (Lipinski definition) is 1. The third-order valence-electron chi connectivity index (χ3n) is 5.31. The van der Waals surface area contributed by atoms with Crippen LogP contribution in [0.4, 0.5) is 0 Å². The van der Waals surface area contributed by atoms with Crippen molar-refractivity contribution in [1.29, 1.82) is 0 Å². The molecular weight excluding hydrogens is 334 g/mol. The fourth-order valence-corrected chi connectivity index (χ4v) is 4.00. The van der Waals surface area contributed by atoms with E-state index in [0.29, 0.717) is 24.5 Å². The van der Waals surface area contributed by atoms with E-state index in [1.165, 1.54) is 0 Å². The summed E-state index contributed by atoms with van der Waals surface area (Å²) in [7, 11) is 1.61. The average molecular weight is 357 g/mol. The van der Waals surface area contributed by atoms with Gasteiger partial charge in [0.05, 0.1) is 37.6 Å². The van der Waals surface area contributed by atoms with Crippen LogP contribution in [0.5, 0.6) is 5.75 Å². The second kappa shape index (κ2) is 7.09. The predicted molar refractivity (Wildman–Crippen MR) is 94.5 cm³/mol. The first-order valence-electron chi connectivity index (χ1n) is 8.92. The number of methoxy groups -OCH3 is 1. The summed E-state index contributed by atoms with van der Waals surface area (Å²) in [6.07, 6.45) is 4.95. The molecule has 1 aliphatic heterocycles. The SMILES string of the molecule is COc1ccccc1-n1cc(C(=O)N2CCO[C@H]3C[C@H](CO)C[C@@H]32)cn1. The van der Waals surface area contributed by atoms with E-state index < -0.39 is 0 Å². The minimum Gasteiger partial charge on any atom is -0.494 e. The summed E-state index contributed by atoms with van der Waals surface area (Å²) in [5, 5.41) is 13.8. The van der Waals surface area contributed by atoms with Crippen molar-refractivity contribution in [1.82, 2.24) is 14.7 Å². The topological polar surface area (TPSA) is 76.8 Å². The van der Waals surface area contributed by atoms with Crippen LogP contribution in [0.2, 0.25) is 0 Å². The fraction of sp³-hybridized carbons (Fsp3) is 0.474. The molecule has 1 saturated carbocycles. The Morgan fingerprint density at radius 1 is 1.38 bits per heavy atom. The molecule has 3 atom stereocenters. The zero-order valence-corrected chi connectivity index (χ0v) is 14.7. The summed E-state index contributed by atoms with van der Waals surface area (Å²) in [4.78, 5) is 14.9. The van der Waals surface area contributed by atoms with E-state index in [-0.39, 0.29) is 30.6 Å². The van der Waals surface area contributed by atoms with Crippen LogP contribution < -0.4 is 4.74 Å². The van der Waals surface area contributed by atoms with Crippen LogP contribution in [-0.2, 0) is 4.74 Å². The lowest BCUT2D eigenvalue weighted by Gasteiger charge is -2.37. The van der Waals surface area contributed by atoms with Gasteiger partial charge in [-0.15, -0.1) is 0 Å². The summed E-state index contributed by atoms with van der Waals surface area (Å²) in [5.74, 6) is 0.861. The molecule has 26 heavy (non-hydrogen) atoms. The normalized spacial score (nSPS) is 25.2. The molecule has 138 valence electrons. The van der Waals surface area contributed by atoms with Crippen molar-refractivity contribution in [3.05, 3.63) is 42.2 Å². The Hall–Kier alpha value is -2.38. The average Bonchev–Trinajstić information content (AvgIpc) is 3.33. The van der Waals surface area contributed by atoms with Crippen molar-refractivity contribution in [2.45, 2.75) is 25.0 Å². The number of carbonyl (C=O) groups is 1. The van der Waals surface area contributed by atoms with Gasteiger partial charge in [0.25, 0.3) is 5.91 Å². The Balaban J connectivity index is 1.56. The molecule has 7 nitrogen and oxygen atoms in total. The third-order valence-corrected chi connectivity index (χ3v) is 5.31. The highest BCUT2D eigenvalue weighted by Crippen LogP contribution is 2.34.